The molecule has 0 saturated heterocycles. The number of amides is 1. The number of carbonyl (C=O) groups is 1. The van der Waals surface area contributed by atoms with Gasteiger partial charge in [-0.15, -0.1) is 0 Å². The van der Waals surface area contributed by atoms with Gasteiger partial charge in [-0.1, -0.05) is 0 Å². The first-order chi connectivity index (χ1) is 7.54. The van der Waals surface area contributed by atoms with E-state index >= 15 is 0 Å². The van der Waals surface area contributed by atoms with Crippen molar-refractivity contribution in [2.75, 3.05) is 18.9 Å². The molecule has 0 bridgehead atoms. The number of anilines is 1. The molecule has 1 heterocycles. The first kappa shape index (κ1) is 13.0. The van der Waals surface area contributed by atoms with Crippen molar-refractivity contribution in [3.8, 4) is 0 Å². The van der Waals surface area contributed by atoms with Crippen LogP contribution in [0.3, 0.4) is 0 Å². The summed E-state index contributed by atoms with van der Waals surface area (Å²) >= 11 is 3.31. The third kappa shape index (κ3) is 3.48. The minimum absolute atomic E-state index is 0.0622. The van der Waals surface area contributed by atoms with Gasteiger partial charge in [0.2, 0.25) is 5.91 Å². The van der Waals surface area contributed by atoms with Crippen molar-refractivity contribution < 1.29 is 4.79 Å². The van der Waals surface area contributed by atoms with Gasteiger partial charge in [0.1, 0.15) is 11.9 Å². The lowest BCUT2D eigenvalue weighted by atomic mass is 10.3. The summed E-state index contributed by atoms with van der Waals surface area (Å²) in [6.07, 6.45) is 1.70. The maximum absolute atomic E-state index is 11.8. The quantitative estimate of drug-likeness (QED) is 0.922. The third-order valence-corrected chi connectivity index (χ3v) is 2.78. The molecule has 0 spiro atoms. The second-order valence-electron chi connectivity index (χ2n) is 3.58. The van der Waals surface area contributed by atoms with Crippen molar-refractivity contribution in [1.29, 1.82) is 0 Å². The van der Waals surface area contributed by atoms with E-state index in [1.165, 1.54) is 0 Å². The first-order valence-corrected chi connectivity index (χ1v) is 5.97. The molecule has 4 nitrogen and oxygen atoms in total. The molecule has 0 aromatic carbocycles. The zero-order valence-electron chi connectivity index (χ0n) is 9.70. The average Bonchev–Trinajstić information content (AvgIpc) is 2.30. The molecule has 1 aromatic heterocycles. The third-order valence-electron chi connectivity index (χ3n) is 2.31. The van der Waals surface area contributed by atoms with Crippen LogP contribution in [-0.2, 0) is 4.79 Å². The molecule has 1 unspecified atom stereocenters. The highest BCUT2D eigenvalue weighted by molar-refractivity contribution is 9.10. The van der Waals surface area contributed by atoms with E-state index in [1.54, 1.807) is 18.1 Å². The van der Waals surface area contributed by atoms with Crippen LogP contribution in [0, 0.1) is 0 Å². The van der Waals surface area contributed by atoms with Crippen LogP contribution in [0.4, 0.5) is 5.82 Å². The minimum Gasteiger partial charge on any atom is -0.359 e. The van der Waals surface area contributed by atoms with E-state index in [4.69, 9.17) is 0 Å². The SMILES string of the molecule is CCN(C)C(=O)C(C)Nc1ccc(Br)cn1. The van der Waals surface area contributed by atoms with E-state index in [9.17, 15) is 4.79 Å². The number of carbonyl (C=O) groups excluding carboxylic acids is 1. The van der Waals surface area contributed by atoms with Gasteiger partial charge in [-0.05, 0) is 41.9 Å². The maximum Gasteiger partial charge on any atom is 0.244 e. The van der Waals surface area contributed by atoms with Crippen molar-refractivity contribution in [2.24, 2.45) is 0 Å². The molecule has 16 heavy (non-hydrogen) atoms. The molecule has 1 rings (SSSR count). The normalized spacial score (nSPS) is 12.0. The van der Waals surface area contributed by atoms with Gasteiger partial charge in [0.05, 0.1) is 0 Å². The van der Waals surface area contributed by atoms with Crippen LogP contribution >= 0.6 is 15.9 Å². The van der Waals surface area contributed by atoms with Crippen LogP contribution in [0.25, 0.3) is 0 Å². The summed E-state index contributed by atoms with van der Waals surface area (Å²) in [5.74, 6) is 0.765. The van der Waals surface area contributed by atoms with E-state index in [2.05, 4.69) is 26.2 Å². The Kier molecular flexibility index (Phi) is 4.73. The molecule has 1 amide bonds. The van der Waals surface area contributed by atoms with E-state index < -0.39 is 0 Å². The molecule has 1 aromatic rings. The van der Waals surface area contributed by atoms with E-state index in [0.717, 1.165) is 4.47 Å². The summed E-state index contributed by atoms with van der Waals surface area (Å²) in [4.78, 5) is 17.6. The summed E-state index contributed by atoms with van der Waals surface area (Å²) in [6, 6.07) is 3.45. The molecule has 0 saturated carbocycles. The summed E-state index contributed by atoms with van der Waals surface area (Å²) in [5.41, 5.74) is 0. The molecule has 1 atom stereocenters. The lowest BCUT2D eigenvalue weighted by molar-refractivity contribution is -0.130. The summed E-state index contributed by atoms with van der Waals surface area (Å²) < 4.78 is 0.919. The zero-order chi connectivity index (χ0) is 12.1. The standard InChI is InChI=1S/C11H16BrN3O/c1-4-15(3)11(16)8(2)14-10-6-5-9(12)7-13-10/h5-8H,4H2,1-3H3,(H,13,14). The number of hydrogen-bond acceptors (Lipinski definition) is 3. The highest BCUT2D eigenvalue weighted by Gasteiger charge is 2.15. The Bertz CT molecular complexity index is 353. The molecule has 0 fully saturated rings. The minimum atomic E-state index is -0.265. The van der Waals surface area contributed by atoms with E-state index in [0.29, 0.717) is 12.4 Å². The molecule has 0 aliphatic rings. The Hall–Kier alpha value is -1.10. The fourth-order valence-electron chi connectivity index (χ4n) is 1.23. The van der Waals surface area contributed by atoms with Crippen molar-refractivity contribution in [1.82, 2.24) is 9.88 Å². The molecule has 0 radical (unpaired) electrons. The smallest absolute Gasteiger partial charge is 0.244 e. The highest BCUT2D eigenvalue weighted by Crippen LogP contribution is 2.11. The van der Waals surface area contributed by atoms with Crippen LogP contribution in [0.15, 0.2) is 22.8 Å². The number of pyridine rings is 1. The van der Waals surface area contributed by atoms with Crippen LogP contribution in [-0.4, -0.2) is 35.4 Å². The predicted molar refractivity (Wildman–Crippen MR) is 68.3 cm³/mol. The Morgan fingerprint density at radius 2 is 2.31 bits per heavy atom. The Labute approximate surface area is 104 Å². The van der Waals surface area contributed by atoms with Gasteiger partial charge in [0, 0.05) is 24.3 Å². The molecule has 88 valence electrons. The predicted octanol–water partition coefficient (Wildman–Crippen LogP) is 2.12. The Balaban J connectivity index is 2.60. The number of rotatable bonds is 4. The lowest BCUT2D eigenvalue weighted by Crippen LogP contribution is -2.38. The summed E-state index contributed by atoms with van der Waals surface area (Å²) in [5, 5.41) is 3.06. The Morgan fingerprint density at radius 3 is 2.81 bits per heavy atom. The van der Waals surface area contributed by atoms with Crippen LogP contribution in [0.1, 0.15) is 13.8 Å². The molecular formula is C11H16BrN3O. The fourth-order valence-corrected chi connectivity index (χ4v) is 1.47. The van der Waals surface area contributed by atoms with Gasteiger partial charge < -0.3 is 10.2 Å². The topological polar surface area (TPSA) is 45.2 Å². The maximum atomic E-state index is 11.8. The van der Waals surface area contributed by atoms with Gasteiger partial charge >= 0.3 is 0 Å². The van der Waals surface area contributed by atoms with Crippen LogP contribution < -0.4 is 5.32 Å². The average molecular weight is 286 g/mol. The molecule has 0 aliphatic heterocycles. The van der Waals surface area contributed by atoms with Crippen molar-refractivity contribution in [2.45, 2.75) is 19.9 Å². The molecular weight excluding hydrogens is 270 g/mol. The monoisotopic (exact) mass is 285 g/mol. The van der Waals surface area contributed by atoms with Crippen molar-refractivity contribution >= 4 is 27.7 Å². The first-order valence-electron chi connectivity index (χ1n) is 5.17. The lowest BCUT2D eigenvalue weighted by Gasteiger charge is -2.20. The van der Waals surface area contributed by atoms with E-state index in [-0.39, 0.29) is 11.9 Å². The number of nitrogens with zero attached hydrogens (tertiary/aromatic N) is 2. The largest absolute Gasteiger partial charge is 0.359 e. The number of halogens is 1. The van der Waals surface area contributed by atoms with Crippen LogP contribution in [0.5, 0.6) is 0 Å². The number of likely N-dealkylation sites (N-methyl/N-ethyl adjacent to an activating group) is 1. The van der Waals surface area contributed by atoms with Crippen LogP contribution in [0.2, 0.25) is 0 Å². The van der Waals surface area contributed by atoms with Crippen molar-refractivity contribution in [3.05, 3.63) is 22.8 Å². The van der Waals surface area contributed by atoms with Gasteiger partial charge in [-0.3, -0.25) is 4.79 Å². The molecule has 5 heteroatoms. The number of nitrogens with one attached hydrogen (secondary N) is 1. The second-order valence-corrected chi connectivity index (χ2v) is 4.50. The van der Waals surface area contributed by atoms with E-state index in [1.807, 2.05) is 26.0 Å². The summed E-state index contributed by atoms with van der Waals surface area (Å²) in [6.45, 7) is 4.49. The van der Waals surface area contributed by atoms with Gasteiger partial charge in [-0.25, -0.2) is 4.98 Å². The number of aromatic nitrogens is 1. The highest BCUT2D eigenvalue weighted by atomic mass is 79.9. The van der Waals surface area contributed by atoms with Gasteiger partial charge in [-0.2, -0.15) is 0 Å². The zero-order valence-corrected chi connectivity index (χ0v) is 11.3. The molecule has 1 N–H and O–H groups in total. The molecule has 0 aliphatic carbocycles. The summed E-state index contributed by atoms with van der Waals surface area (Å²) in [7, 11) is 1.79. The number of hydrogen-bond donors (Lipinski definition) is 1. The van der Waals surface area contributed by atoms with Gasteiger partial charge in [0.15, 0.2) is 0 Å². The Morgan fingerprint density at radius 1 is 1.62 bits per heavy atom. The van der Waals surface area contributed by atoms with Gasteiger partial charge in [0.25, 0.3) is 0 Å². The van der Waals surface area contributed by atoms with Crippen molar-refractivity contribution in [3.63, 3.8) is 0 Å². The fraction of sp³-hybridized carbons (Fsp3) is 0.455. The second kappa shape index (κ2) is 5.84.